The molecule has 100 valence electrons. The number of para-hydroxylation sites is 1. The van der Waals surface area contributed by atoms with Crippen LogP contribution in [0.1, 0.15) is 36.1 Å². The molecular weight excluding hydrogens is 234 g/mol. The molecule has 0 bridgehead atoms. The van der Waals surface area contributed by atoms with Gasteiger partial charge in [-0.3, -0.25) is 0 Å². The number of nitrogens with two attached hydrogens (primary N) is 1. The average Bonchev–Trinajstić information content (AvgIpc) is 2.42. The molecule has 0 saturated heterocycles. The first kappa shape index (κ1) is 13.6. The van der Waals surface area contributed by atoms with Crippen LogP contribution in [0.25, 0.3) is 0 Å². The van der Waals surface area contributed by atoms with E-state index in [1.807, 2.05) is 24.3 Å². The van der Waals surface area contributed by atoms with Gasteiger partial charge in [0.2, 0.25) is 0 Å². The van der Waals surface area contributed by atoms with Gasteiger partial charge in [0.25, 0.3) is 0 Å². The molecule has 2 aromatic carbocycles. The number of rotatable bonds is 4. The zero-order valence-corrected chi connectivity index (χ0v) is 11.8. The molecule has 0 heterocycles. The van der Waals surface area contributed by atoms with Crippen molar-refractivity contribution >= 4 is 0 Å². The maximum atomic E-state index is 6.14. The third-order valence-corrected chi connectivity index (χ3v) is 3.32. The van der Waals surface area contributed by atoms with Gasteiger partial charge in [-0.1, -0.05) is 37.3 Å². The molecule has 2 rings (SSSR count). The summed E-state index contributed by atoms with van der Waals surface area (Å²) in [6, 6.07) is 14.2. The summed E-state index contributed by atoms with van der Waals surface area (Å²) in [6.07, 6.45) is 0.896. The molecule has 2 nitrogen and oxygen atoms in total. The fraction of sp³-hybridized carbons (Fsp3) is 0.294. The summed E-state index contributed by atoms with van der Waals surface area (Å²) in [4.78, 5) is 0. The van der Waals surface area contributed by atoms with Crippen molar-refractivity contribution in [3.63, 3.8) is 0 Å². The lowest BCUT2D eigenvalue weighted by molar-refractivity contribution is 0.465. The van der Waals surface area contributed by atoms with Crippen molar-refractivity contribution in [1.29, 1.82) is 0 Å². The van der Waals surface area contributed by atoms with Gasteiger partial charge in [-0.15, -0.1) is 0 Å². The van der Waals surface area contributed by atoms with E-state index in [9.17, 15) is 0 Å². The first-order valence-electron chi connectivity index (χ1n) is 6.71. The van der Waals surface area contributed by atoms with Gasteiger partial charge in [0.05, 0.1) is 0 Å². The van der Waals surface area contributed by atoms with Crippen LogP contribution in [0.15, 0.2) is 42.5 Å². The van der Waals surface area contributed by atoms with Crippen LogP contribution in [-0.4, -0.2) is 0 Å². The van der Waals surface area contributed by atoms with Gasteiger partial charge < -0.3 is 10.5 Å². The van der Waals surface area contributed by atoms with E-state index in [1.165, 1.54) is 5.56 Å². The number of hydrogen-bond acceptors (Lipinski definition) is 2. The summed E-state index contributed by atoms with van der Waals surface area (Å²) in [5.41, 5.74) is 9.52. The predicted octanol–water partition coefficient (Wildman–Crippen LogP) is 4.51. The van der Waals surface area contributed by atoms with Crippen molar-refractivity contribution in [3.8, 4) is 11.5 Å². The molecule has 0 aliphatic rings. The van der Waals surface area contributed by atoms with Crippen molar-refractivity contribution in [2.75, 3.05) is 0 Å². The van der Waals surface area contributed by atoms with Crippen LogP contribution >= 0.6 is 0 Å². The van der Waals surface area contributed by atoms with E-state index in [-0.39, 0.29) is 6.04 Å². The van der Waals surface area contributed by atoms with Gasteiger partial charge in [0.15, 0.2) is 0 Å². The normalized spacial score (nSPS) is 12.2. The van der Waals surface area contributed by atoms with E-state index in [1.54, 1.807) is 0 Å². The molecule has 0 radical (unpaired) electrons. The third kappa shape index (κ3) is 3.15. The van der Waals surface area contributed by atoms with Crippen LogP contribution in [0.4, 0.5) is 0 Å². The molecule has 0 unspecified atom stereocenters. The number of ether oxygens (including phenoxy) is 1. The molecule has 1 atom stereocenters. The Morgan fingerprint density at radius 1 is 1.05 bits per heavy atom. The highest BCUT2D eigenvalue weighted by atomic mass is 16.5. The van der Waals surface area contributed by atoms with Gasteiger partial charge in [-0.2, -0.15) is 0 Å². The van der Waals surface area contributed by atoms with Gasteiger partial charge >= 0.3 is 0 Å². The van der Waals surface area contributed by atoms with Crippen LogP contribution < -0.4 is 10.5 Å². The number of aryl methyl sites for hydroxylation is 2. The van der Waals surface area contributed by atoms with Crippen LogP contribution in [0.5, 0.6) is 11.5 Å². The van der Waals surface area contributed by atoms with Crippen LogP contribution in [0, 0.1) is 13.8 Å². The first-order chi connectivity index (χ1) is 9.11. The van der Waals surface area contributed by atoms with Crippen molar-refractivity contribution < 1.29 is 4.74 Å². The summed E-state index contributed by atoms with van der Waals surface area (Å²) in [6.45, 7) is 6.20. The largest absolute Gasteiger partial charge is 0.457 e. The summed E-state index contributed by atoms with van der Waals surface area (Å²) >= 11 is 0. The highest BCUT2D eigenvalue weighted by Gasteiger charge is 2.11. The lowest BCUT2D eigenvalue weighted by Crippen LogP contribution is -2.09. The lowest BCUT2D eigenvalue weighted by Gasteiger charge is -2.16. The minimum absolute atomic E-state index is 0.0151. The van der Waals surface area contributed by atoms with E-state index in [0.29, 0.717) is 0 Å². The topological polar surface area (TPSA) is 35.2 Å². The maximum Gasteiger partial charge on any atom is 0.132 e. The van der Waals surface area contributed by atoms with E-state index in [0.717, 1.165) is 29.0 Å². The Balaban J connectivity index is 2.35. The SMILES string of the molecule is CC[C@@H](N)c1ccccc1Oc1cc(C)ccc1C. The van der Waals surface area contributed by atoms with Crippen LogP contribution in [0.3, 0.4) is 0 Å². The first-order valence-corrected chi connectivity index (χ1v) is 6.71. The molecule has 19 heavy (non-hydrogen) atoms. The monoisotopic (exact) mass is 255 g/mol. The van der Waals surface area contributed by atoms with E-state index in [2.05, 4.69) is 39.0 Å². The molecule has 2 heteroatoms. The molecule has 0 aliphatic heterocycles. The smallest absolute Gasteiger partial charge is 0.132 e. The minimum Gasteiger partial charge on any atom is -0.457 e. The van der Waals surface area contributed by atoms with E-state index in [4.69, 9.17) is 10.5 Å². The third-order valence-electron chi connectivity index (χ3n) is 3.32. The Labute approximate surface area is 115 Å². The van der Waals surface area contributed by atoms with Crippen molar-refractivity contribution in [3.05, 3.63) is 59.2 Å². The Morgan fingerprint density at radius 2 is 1.79 bits per heavy atom. The lowest BCUT2D eigenvalue weighted by atomic mass is 10.0. The molecule has 0 spiro atoms. The van der Waals surface area contributed by atoms with Gasteiger partial charge in [0, 0.05) is 11.6 Å². The van der Waals surface area contributed by atoms with Crippen molar-refractivity contribution in [2.45, 2.75) is 33.2 Å². The second-order valence-electron chi connectivity index (χ2n) is 4.92. The molecule has 0 amide bonds. The zero-order chi connectivity index (χ0) is 13.8. The summed E-state index contributed by atoms with van der Waals surface area (Å²) < 4.78 is 6.06. The van der Waals surface area contributed by atoms with Crippen molar-refractivity contribution in [2.24, 2.45) is 5.73 Å². The molecule has 0 fully saturated rings. The van der Waals surface area contributed by atoms with Gasteiger partial charge in [-0.05, 0) is 43.5 Å². The second kappa shape index (κ2) is 5.89. The predicted molar refractivity (Wildman–Crippen MR) is 79.7 cm³/mol. The quantitative estimate of drug-likeness (QED) is 0.872. The zero-order valence-electron chi connectivity index (χ0n) is 11.8. The fourth-order valence-corrected chi connectivity index (χ4v) is 2.04. The Morgan fingerprint density at radius 3 is 2.53 bits per heavy atom. The van der Waals surface area contributed by atoms with Crippen LogP contribution in [-0.2, 0) is 0 Å². The molecular formula is C17H21NO. The molecule has 2 N–H and O–H groups in total. The Bertz CT molecular complexity index is 563. The number of benzene rings is 2. The molecule has 0 aromatic heterocycles. The average molecular weight is 255 g/mol. The highest BCUT2D eigenvalue weighted by Crippen LogP contribution is 2.31. The Hall–Kier alpha value is -1.80. The molecule has 0 aliphatic carbocycles. The Kier molecular flexibility index (Phi) is 4.23. The van der Waals surface area contributed by atoms with Crippen LogP contribution in [0.2, 0.25) is 0 Å². The van der Waals surface area contributed by atoms with E-state index < -0.39 is 0 Å². The molecule has 0 saturated carbocycles. The minimum atomic E-state index is 0.0151. The van der Waals surface area contributed by atoms with Gasteiger partial charge in [0.1, 0.15) is 11.5 Å². The van der Waals surface area contributed by atoms with E-state index >= 15 is 0 Å². The standard InChI is InChI=1S/C17H21NO/c1-4-15(18)14-7-5-6-8-16(14)19-17-11-12(2)9-10-13(17)3/h5-11,15H,4,18H2,1-3H3/t15-/m1/s1. The summed E-state index contributed by atoms with van der Waals surface area (Å²) in [5.74, 6) is 1.75. The fourth-order valence-electron chi connectivity index (χ4n) is 2.04. The van der Waals surface area contributed by atoms with Gasteiger partial charge in [-0.25, -0.2) is 0 Å². The maximum absolute atomic E-state index is 6.14. The number of hydrogen-bond donors (Lipinski definition) is 1. The van der Waals surface area contributed by atoms with Crippen molar-refractivity contribution in [1.82, 2.24) is 0 Å². The second-order valence-corrected chi connectivity index (χ2v) is 4.92. The summed E-state index contributed by atoms with van der Waals surface area (Å²) in [5, 5.41) is 0. The highest BCUT2D eigenvalue weighted by molar-refractivity contribution is 5.43. The summed E-state index contributed by atoms with van der Waals surface area (Å²) in [7, 11) is 0. The molecule has 2 aromatic rings.